The molecule has 0 saturated carbocycles. The molecule has 0 fully saturated rings. The summed E-state index contributed by atoms with van der Waals surface area (Å²) in [5.41, 5.74) is 4.73. The molecule has 0 spiro atoms. The summed E-state index contributed by atoms with van der Waals surface area (Å²) in [5, 5.41) is 6.73. The number of hydrogen-bond donors (Lipinski definition) is 1. The van der Waals surface area contributed by atoms with Crippen LogP contribution in [0.3, 0.4) is 0 Å². The fraction of sp³-hybridized carbons (Fsp3) is 0.167. The Hall–Kier alpha value is -1.48. The summed E-state index contributed by atoms with van der Waals surface area (Å²) in [4.78, 5) is 0. The molecular weight excluding hydrogens is 204 g/mol. The van der Waals surface area contributed by atoms with Gasteiger partial charge in [0.05, 0.1) is 6.20 Å². The van der Waals surface area contributed by atoms with E-state index in [-0.39, 0.29) is 0 Å². The lowest BCUT2D eigenvalue weighted by molar-refractivity contribution is 1.02. The number of nitrogens with zero attached hydrogens (tertiary/aromatic N) is 1. The summed E-state index contributed by atoms with van der Waals surface area (Å²) in [5.74, 6) is 0. The third kappa shape index (κ3) is 2.30. The summed E-state index contributed by atoms with van der Waals surface area (Å²) in [7, 11) is 0. The van der Waals surface area contributed by atoms with Gasteiger partial charge in [0.1, 0.15) is 4.64 Å². The Labute approximate surface area is 94.0 Å². The number of benzene rings is 1. The number of aromatic nitrogens is 2. The number of aromatic amines is 1. The van der Waals surface area contributed by atoms with E-state index in [9.17, 15) is 0 Å². The molecule has 2 nitrogen and oxygen atoms in total. The minimum absolute atomic E-state index is 0.659. The Bertz CT molecular complexity index is 523. The predicted molar refractivity (Wildman–Crippen MR) is 64.3 cm³/mol. The summed E-state index contributed by atoms with van der Waals surface area (Å²) < 4.78 is 0.659. The van der Waals surface area contributed by atoms with Crippen molar-refractivity contribution in [3.63, 3.8) is 0 Å². The first-order chi connectivity index (χ1) is 7.15. The van der Waals surface area contributed by atoms with Crippen molar-refractivity contribution in [3.05, 3.63) is 46.2 Å². The molecule has 1 aromatic carbocycles. The molecule has 0 aliphatic rings. The highest BCUT2D eigenvalue weighted by molar-refractivity contribution is 7.71. The van der Waals surface area contributed by atoms with E-state index in [0.29, 0.717) is 4.64 Å². The van der Waals surface area contributed by atoms with Crippen LogP contribution in [0.1, 0.15) is 11.1 Å². The SMILES string of the molecule is Cc1cc(C)cc(-c2cn[nH]c(=S)c2)c1. The molecule has 1 N–H and O–H groups in total. The van der Waals surface area contributed by atoms with E-state index in [1.54, 1.807) is 6.20 Å². The van der Waals surface area contributed by atoms with Crippen LogP contribution in [0.15, 0.2) is 30.5 Å². The average molecular weight is 216 g/mol. The first kappa shape index (κ1) is 10.1. The lowest BCUT2D eigenvalue weighted by Crippen LogP contribution is -1.86. The van der Waals surface area contributed by atoms with Crippen LogP contribution in [0, 0.1) is 18.5 Å². The van der Waals surface area contributed by atoms with Gasteiger partial charge in [-0.3, -0.25) is 5.10 Å². The van der Waals surface area contributed by atoms with Gasteiger partial charge < -0.3 is 0 Å². The maximum Gasteiger partial charge on any atom is 0.120 e. The van der Waals surface area contributed by atoms with Crippen LogP contribution in [-0.4, -0.2) is 10.2 Å². The molecule has 0 aliphatic carbocycles. The summed E-state index contributed by atoms with van der Waals surface area (Å²) in [6.07, 6.45) is 1.80. The minimum atomic E-state index is 0.659. The van der Waals surface area contributed by atoms with E-state index in [4.69, 9.17) is 12.2 Å². The van der Waals surface area contributed by atoms with Crippen molar-refractivity contribution in [1.82, 2.24) is 10.2 Å². The number of H-pyrrole nitrogens is 1. The zero-order valence-electron chi connectivity index (χ0n) is 8.74. The van der Waals surface area contributed by atoms with Crippen molar-refractivity contribution in [2.24, 2.45) is 0 Å². The van der Waals surface area contributed by atoms with Crippen LogP contribution >= 0.6 is 12.2 Å². The molecule has 0 bridgehead atoms. The molecule has 0 radical (unpaired) electrons. The number of nitrogens with one attached hydrogen (secondary N) is 1. The van der Waals surface area contributed by atoms with Crippen molar-refractivity contribution >= 4 is 12.2 Å². The number of hydrogen-bond acceptors (Lipinski definition) is 2. The molecule has 0 atom stereocenters. The van der Waals surface area contributed by atoms with Crippen molar-refractivity contribution < 1.29 is 0 Å². The zero-order valence-corrected chi connectivity index (χ0v) is 9.56. The van der Waals surface area contributed by atoms with Gasteiger partial charge in [-0.25, -0.2) is 0 Å². The van der Waals surface area contributed by atoms with Crippen LogP contribution in [0.5, 0.6) is 0 Å². The summed E-state index contributed by atoms with van der Waals surface area (Å²) in [6, 6.07) is 8.36. The van der Waals surface area contributed by atoms with Crippen LogP contribution in [0.4, 0.5) is 0 Å². The number of rotatable bonds is 1. The van der Waals surface area contributed by atoms with Crippen LogP contribution in [-0.2, 0) is 0 Å². The smallest absolute Gasteiger partial charge is 0.120 e. The second-order valence-electron chi connectivity index (χ2n) is 3.71. The maximum absolute atomic E-state index is 5.05. The topological polar surface area (TPSA) is 28.7 Å². The largest absolute Gasteiger partial charge is 0.268 e. The Morgan fingerprint density at radius 2 is 1.67 bits per heavy atom. The van der Waals surface area contributed by atoms with Crippen LogP contribution in [0.25, 0.3) is 11.1 Å². The van der Waals surface area contributed by atoms with E-state index >= 15 is 0 Å². The molecular formula is C12H12N2S. The van der Waals surface area contributed by atoms with E-state index in [1.807, 2.05) is 6.07 Å². The standard InChI is InChI=1S/C12H12N2S/c1-8-3-9(2)5-10(4-8)11-6-12(15)14-13-7-11/h3-7H,1-2H3,(H,14,15). The second-order valence-corrected chi connectivity index (χ2v) is 4.15. The Morgan fingerprint density at radius 1 is 1.00 bits per heavy atom. The van der Waals surface area contributed by atoms with Crippen LogP contribution < -0.4 is 0 Å². The van der Waals surface area contributed by atoms with Gasteiger partial charge in [0.15, 0.2) is 0 Å². The highest BCUT2D eigenvalue weighted by Crippen LogP contribution is 2.20. The lowest BCUT2D eigenvalue weighted by Gasteiger charge is -2.04. The average Bonchev–Trinajstić information content (AvgIpc) is 2.16. The number of aryl methyl sites for hydroxylation is 2. The molecule has 76 valence electrons. The predicted octanol–water partition coefficient (Wildman–Crippen LogP) is 3.42. The molecule has 2 rings (SSSR count). The van der Waals surface area contributed by atoms with E-state index in [2.05, 4.69) is 42.2 Å². The van der Waals surface area contributed by atoms with Crippen molar-refractivity contribution in [2.75, 3.05) is 0 Å². The minimum Gasteiger partial charge on any atom is -0.268 e. The molecule has 3 heteroatoms. The second kappa shape index (κ2) is 3.95. The van der Waals surface area contributed by atoms with Gasteiger partial charge in [-0.1, -0.05) is 41.5 Å². The van der Waals surface area contributed by atoms with Crippen molar-refractivity contribution in [2.45, 2.75) is 13.8 Å². The van der Waals surface area contributed by atoms with Gasteiger partial charge in [0.2, 0.25) is 0 Å². The fourth-order valence-electron chi connectivity index (χ4n) is 1.68. The quantitative estimate of drug-likeness (QED) is 0.740. The molecule has 2 aromatic rings. The Morgan fingerprint density at radius 3 is 2.27 bits per heavy atom. The molecule has 1 heterocycles. The zero-order chi connectivity index (χ0) is 10.8. The third-order valence-corrected chi connectivity index (χ3v) is 2.43. The van der Waals surface area contributed by atoms with Gasteiger partial charge in [-0.05, 0) is 25.5 Å². The normalized spacial score (nSPS) is 10.3. The molecule has 0 aliphatic heterocycles. The van der Waals surface area contributed by atoms with Gasteiger partial charge >= 0.3 is 0 Å². The van der Waals surface area contributed by atoms with Gasteiger partial charge in [0, 0.05) is 5.56 Å². The summed E-state index contributed by atoms with van der Waals surface area (Å²) >= 11 is 5.05. The fourth-order valence-corrected chi connectivity index (χ4v) is 1.86. The van der Waals surface area contributed by atoms with E-state index in [1.165, 1.54) is 16.7 Å². The summed E-state index contributed by atoms with van der Waals surface area (Å²) in [6.45, 7) is 4.18. The molecule has 0 amide bonds. The first-order valence-electron chi connectivity index (χ1n) is 4.78. The highest BCUT2D eigenvalue weighted by atomic mass is 32.1. The maximum atomic E-state index is 5.05. The molecule has 1 aromatic heterocycles. The van der Waals surface area contributed by atoms with Gasteiger partial charge in [-0.2, -0.15) is 5.10 Å². The lowest BCUT2D eigenvalue weighted by atomic mass is 10.0. The monoisotopic (exact) mass is 216 g/mol. The Kier molecular flexibility index (Phi) is 2.64. The van der Waals surface area contributed by atoms with E-state index < -0.39 is 0 Å². The molecule has 0 unspecified atom stereocenters. The Balaban J connectivity index is 2.58. The van der Waals surface area contributed by atoms with Crippen molar-refractivity contribution in [3.8, 4) is 11.1 Å². The van der Waals surface area contributed by atoms with Gasteiger partial charge in [0.25, 0.3) is 0 Å². The van der Waals surface area contributed by atoms with Gasteiger partial charge in [-0.15, -0.1) is 0 Å². The molecule has 15 heavy (non-hydrogen) atoms. The third-order valence-electron chi connectivity index (χ3n) is 2.22. The molecule has 0 saturated heterocycles. The first-order valence-corrected chi connectivity index (χ1v) is 5.19. The highest BCUT2D eigenvalue weighted by Gasteiger charge is 1.99. The van der Waals surface area contributed by atoms with E-state index in [0.717, 1.165) is 5.56 Å². The van der Waals surface area contributed by atoms with Crippen molar-refractivity contribution in [1.29, 1.82) is 0 Å². The van der Waals surface area contributed by atoms with Crippen LogP contribution in [0.2, 0.25) is 0 Å².